The van der Waals surface area contributed by atoms with Crippen molar-refractivity contribution in [1.82, 2.24) is 9.78 Å². The van der Waals surface area contributed by atoms with Gasteiger partial charge in [-0.2, -0.15) is 5.10 Å². The average molecular weight is 214 g/mol. The molecule has 0 fully saturated rings. The van der Waals surface area contributed by atoms with Gasteiger partial charge in [0.15, 0.2) is 6.29 Å². The van der Waals surface area contributed by atoms with Crippen LogP contribution < -0.4 is 5.56 Å². The van der Waals surface area contributed by atoms with Crippen molar-refractivity contribution in [2.75, 3.05) is 0 Å². The molecule has 1 aromatic carbocycles. The Morgan fingerprint density at radius 1 is 1.25 bits per heavy atom. The van der Waals surface area contributed by atoms with Crippen molar-refractivity contribution in [3.63, 3.8) is 0 Å². The van der Waals surface area contributed by atoms with Crippen LogP contribution in [0.4, 0.5) is 0 Å². The van der Waals surface area contributed by atoms with E-state index in [1.54, 1.807) is 0 Å². The van der Waals surface area contributed by atoms with Gasteiger partial charge in [-0.05, 0) is 5.56 Å². The summed E-state index contributed by atoms with van der Waals surface area (Å²) in [4.78, 5) is 22.0. The van der Waals surface area contributed by atoms with Crippen molar-refractivity contribution in [2.24, 2.45) is 0 Å². The summed E-state index contributed by atoms with van der Waals surface area (Å²) in [7, 11) is 0. The fourth-order valence-electron chi connectivity index (χ4n) is 1.39. The molecule has 0 saturated carbocycles. The maximum Gasteiger partial charge on any atom is 0.267 e. The van der Waals surface area contributed by atoms with Gasteiger partial charge in [0.2, 0.25) is 0 Å². The lowest BCUT2D eigenvalue weighted by Crippen LogP contribution is -2.23. The van der Waals surface area contributed by atoms with Crippen molar-refractivity contribution in [1.29, 1.82) is 0 Å². The quantitative estimate of drug-likeness (QED) is 0.719. The molecule has 0 N–H and O–H groups in total. The van der Waals surface area contributed by atoms with Gasteiger partial charge in [0.05, 0.1) is 12.7 Å². The smallest absolute Gasteiger partial charge is 0.267 e. The van der Waals surface area contributed by atoms with Gasteiger partial charge in [0.25, 0.3) is 5.56 Å². The first-order chi connectivity index (χ1) is 7.79. The van der Waals surface area contributed by atoms with Crippen LogP contribution in [0.25, 0.3) is 0 Å². The maximum atomic E-state index is 11.5. The molecule has 0 aliphatic heterocycles. The van der Waals surface area contributed by atoms with E-state index in [1.807, 2.05) is 30.3 Å². The second kappa shape index (κ2) is 4.53. The SMILES string of the molecule is O=Cc1cnn(Cc2ccccc2)c(=O)c1. The Hall–Kier alpha value is -2.23. The highest BCUT2D eigenvalue weighted by Crippen LogP contribution is 1.99. The lowest BCUT2D eigenvalue weighted by molar-refractivity contribution is 0.112. The minimum atomic E-state index is -0.270. The summed E-state index contributed by atoms with van der Waals surface area (Å²) in [6.07, 6.45) is 2.00. The van der Waals surface area contributed by atoms with Crippen LogP contribution in [0.3, 0.4) is 0 Å². The highest BCUT2D eigenvalue weighted by molar-refractivity contribution is 5.73. The van der Waals surface area contributed by atoms with E-state index in [1.165, 1.54) is 16.9 Å². The molecule has 0 aliphatic carbocycles. The summed E-state index contributed by atoms with van der Waals surface area (Å²) in [6, 6.07) is 10.8. The summed E-state index contributed by atoms with van der Waals surface area (Å²) < 4.78 is 1.32. The Bertz CT molecular complexity index is 546. The Labute approximate surface area is 92.2 Å². The molecule has 16 heavy (non-hydrogen) atoms. The van der Waals surface area contributed by atoms with Crippen LogP contribution in [-0.4, -0.2) is 16.1 Å². The first-order valence-corrected chi connectivity index (χ1v) is 4.86. The Morgan fingerprint density at radius 2 is 2.00 bits per heavy atom. The van der Waals surface area contributed by atoms with E-state index in [2.05, 4.69) is 5.10 Å². The van der Waals surface area contributed by atoms with E-state index in [9.17, 15) is 9.59 Å². The number of hydrogen-bond acceptors (Lipinski definition) is 3. The van der Waals surface area contributed by atoms with Crippen LogP contribution in [0.5, 0.6) is 0 Å². The van der Waals surface area contributed by atoms with E-state index < -0.39 is 0 Å². The largest absolute Gasteiger partial charge is 0.298 e. The fraction of sp³-hybridized carbons (Fsp3) is 0.0833. The Morgan fingerprint density at radius 3 is 2.62 bits per heavy atom. The van der Waals surface area contributed by atoms with Crippen LogP contribution in [0.15, 0.2) is 47.4 Å². The monoisotopic (exact) mass is 214 g/mol. The third-order valence-corrected chi connectivity index (χ3v) is 2.20. The number of carbonyl (C=O) groups is 1. The number of nitrogens with zero attached hydrogens (tertiary/aromatic N) is 2. The topological polar surface area (TPSA) is 52.0 Å². The molecular weight excluding hydrogens is 204 g/mol. The Kier molecular flexibility index (Phi) is 2.91. The molecule has 0 aliphatic rings. The summed E-state index contributed by atoms with van der Waals surface area (Å²) in [6.45, 7) is 0.415. The second-order valence-corrected chi connectivity index (χ2v) is 3.39. The molecule has 1 aromatic heterocycles. The molecule has 4 heteroatoms. The number of carbonyl (C=O) groups excluding carboxylic acids is 1. The van der Waals surface area contributed by atoms with Gasteiger partial charge in [0.1, 0.15) is 0 Å². The number of hydrogen-bond donors (Lipinski definition) is 0. The van der Waals surface area contributed by atoms with Crippen LogP contribution in [0, 0.1) is 0 Å². The number of benzene rings is 1. The van der Waals surface area contributed by atoms with Crippen LogP contribution in [0.1, 0.15) is 15.9 Å². The van der Waals surface area contributed by atoms with E-state index >= 15 is 0 Å². The van der Waals surface area contributed by atoms with E-state index in [0.717, 1.165) is 5.56 Å². The van der Waals surface area contributed by atoms with Gasteiger partial charge < -0.3 is 0 Å². The molecule has 0 unspecified atom stereocenters. The highest BCUT2D eigenvalue weighted by atomic mass is 16.1. The number of rotatable bonds is 3. The minimum Gasteiger partial charge on any atom is -0.298 e. The average Bonchev–Trinajstić information content (AvgIpc) is 2.33. The standard InChI is InChI=1S/C12H10N2O2/c15-9-11-6-12(16)14(13-7-11)8-10-4-2-1-3-5-10/h1-7,9H,8H2. The summed E-state index contributed by atoms with van der Waals surface area (Å²) in [5.74, 6) is 0. The molecule has 80 valence electrons. The van der Waals surface area contributed by atoms with Crippen molar-refractivity contribution >= 4 is 6.29 Å². The summed E-state index contributed by atoms with van der Waals surface area (Å²) >= 11 is 0. The van der Waals surface area contributed by atoms with Crippen molar-refractivity contribution in [3.8, 4) is 0 Å². The van der Waals surface area contributed by atoms with Gasteiger partial charge >= 0.3 is 0 Å². The molecule has 4 nitrogen and oxygen atoms in total. The third kappa shape index (κ3) is 2.23. The lowest BCUT2D eigenvalue weighted by atomic mass is 10.2. The maximum absolute atomic E-state index is 11.5. The molecule has 2 rings (SSSR count). The molecule has 0 saturated heterocycles. The zero-order chi connectivity index (χ0) is 11.4. The van der Waals surface area contributed by atoms with Crippen molar-refractivity contribution in [2.45, 2.75) is 6.54 Å². The summed E-state index contributed by atoms with van der Waals surface area (Å²) in [5.41, 5.74) is 1.03. The van der Waals surface area contributed by atoms with Crippen LogP contribution in [-0.2, 0) is 6.54 Å². The minimum absolute atomic E-state index is 0.270. The molecule has 0 amide bonds. The fourth-order valence-corrected chi connectivity index (χ4v) is 1.39. The molecule has 0 atom stereocenters. The van der Waals surface area contributed by atoms with Gasteiger partial charge in [-0.15, -0.1) is 0 Å². The highest BCUT2D eigenvalue weighted by Gasteiger charge is 2.00. The third-order valence-electron chi connectivity index (χ3n) is 2.20. The zero-order valence-electron chi connectivity index (χ0n) is 8.54. The van der Waals surface area contributed by atoms with E-state index in [-0.39, 0.29) is 5.56 Å². The first kappa shape index (κ1) is 10.3. The predicted octanol–water partition coefficient (Wildman–Crippen LogP) is 1.10. The summed E-state index contributed by atoms with van der Waals surface area (Å²) in [5, 5.41) is 3.92. The zero-order valence-corrected chi connectivity index (χ0v) is 8.54. The Balaban J connectivity index is 2.29. The molecule has 2 aromatic rings. The molecular formula is C12H10N2O2. The first-order valence-electron chi connectivity index (χ1n) is 4.86. The molecule has 0 spiro atoms. The molecule has 0 radical (unpaired) electrons. The van der Waals surface area contributed by atoms with Gasteiger partial charge in [-0.25, -0.2) is 4.68 Å². The molecule has 0 bridgehead atoms. The van der Waals surface area contributed by atoms with Crippen LogP contribution in [0.2, 0.25) is 0 Å². The second-order valence-electron chi connectivity index (χ2n) is 3.39. The van der Waals surface area contributed by atoms with Crippen molar-refractivity contribution < 1.29 is 4.79 Å². The number of aromatic nitrogens is 2. The van der Waals surface area contributed by atoms with E-state index in [4.69, 9.17) is 0 Å². The van der Waals surface area contributed by atoms with Gasteiger partial charge in [-0.3, -0.25) is 9.59 Å². The van der Waals surface area contributed by atoms with Crippen LogP contribution >= 0.6 is 0 Å². The van der Waals surface area contributed by atoms with Gasteiger partial charge in [0, 0.05) is 11.6 Å². The molecule has 1 heterocycles. The number of aldehydes is 1. The normalized spacial score (nSPS) is 10.0. The van der Waals surface area contributed by atoms with Crippen molar-refractivity contribution in [3.05, 3.63) is 64.1 Å². The lowest BCUT2D eigenvalue weighted by Gasteiger charge is -2.03. The van der Waals surface area contributed by atoms with E-state index in [0.29, 0.717) is 18.4 Å². The predicted molar refractivity (Wildman–Crippen MR) is 59.4 cm³/mol. The van der Waals surface area contributed by atoms with Gasteiger partial charge in [-0.1, -0.05) is 30.3 Å².